The Labute approximate surface area is 79.3 Å². The summed E-state index contributed by atoms with van der Waals surface area (Å²) in [5.74, 6) is -0.516. The maximum absolute atomic E-state index is 11.0. The summed E-state index contributed by atoms with van der Waals surface area (Å²) < 4.78 is 0. The minimum atomic E-state index is -0.516. The number of hydrogen-bond acceptors (Lipinski definition) is 4. The van der Waals surface area contributed by atoms with Crippen LogP contribution < -0.4 is 5.73 Å². The Morgan fingerprint density at radius 3 is 2.79 bits per heavy atom. The molecule has 14 heavy (non-hydrogen) atoms. The first-order valence-electron chi connectivity index (χ1n) is 3.91. The molecular formula is C8H7N5O. The zero-order valence-corrected chi connectivity index (χ0v) is 7.16. The van der Waals surface area contributed by atoms with Crippen molar-refractivity contribution >= 4 is 5.91 Å². The third-order valence-electron chi connectivity index (χ3n) is 1.73. The van der Waals surface area contributed by atoms with E-state index in [1.165, 1.54) is 11.1 Å². The highest BCUT2D eigenvalue weighted by Crippen LogP contribution is 2.10. The van der Waals surface area contributed by atoms with Gasteiger partial charge >= 0.3 is 0 Å². The molecule has 6 nitrogen and oxygen atoms in total. The number of carbonyl (C=O) groups excluding carboxylic acids is 1. The molecule has 0 aliphatic rings. The Bertz CT molecular complexity index is 451. The number of nitrogens with zero attached hydrogens (tertiary/aromatic N) is 4. The lowest BCUT2D eigenvalue weighted by Gasteiger charge is -2.02. The average molecular weight is 189 g/mol. The molecule has 0 saturated carbocycles. The summed E-state index contributed by atoms with van der Waals surface area (Å²) in [4.78, 5) is 12.3. The average Bonchev–Trinajstić information content (AvgIpc) is 2.70. The van der Waals surface area contributed by atoms with E-state index in [-0.39, 0.29) is 0 Å². The van der Waals surface area contributed by atoms with Crippen LogP contribution in [0.15, 0.2) is 30.6 Å². The van der Waals surface area contributed by atoms with E-state index in [1.54, 1.807) is 24.3 Å². The van der Waals surface area contributed by atoms with Gasteiger partial charge in [-0.1, -0.05) is 12.1 Å². The molecule has 0 spiro atoms. The third-order valence-corrected chi connectivity index (χ3v) is 1.73. The van der Waals surface area contributed by atoms with Gasteiger partial charge in [-0.05, 0) is 17.3 Å². The summed E-state index contributed by atoms with van der Waals surface area (Å²) in [6, 6.07) is 6.80. The van der Waals surface area contributed by atoms with Crippen LogP contribution in [0.5, 0.6) is 0 Å². The van der Waals surface area contributed by atoms with E-state index in [1.807, 2.05) is 0 Å². The molecule has 0 aliphatic carbocycles. The fourth-order valence-corrected chi connectivity index (χ4v) is 1.13. The van der Waals surface area contributed by atoms with Crippen LogP contribution in [0.2, 0.25) is 0 Å². The van der Waals surface area contributed by atoms with Crippen LogP contribution >= 0.6 is 0 Å². The van der Waals surface area contributed by atoms with Crippen molar-refractivity contribution in [3.8, 4) is 5.69 Å². The van der Waals surface area contributed by atoms with Crippen molar-refractivity contribution in [2.75, 3.05) is 0 Å². The van der Waals surface area contributed by atoms with Crippen molar-refractivity contribution in [1.29, 1.82) is 0 Å². The summed E-state index contributed by atoms with van der Waals surface area (Å²) in [6.07, 6.45) is 1.29. The van der Waals surface area contributed by atoms with Gasteiger partial charge in [0.05, 0.1) is 5.56 Å². The number of primary amides is 1. The molecule has 1 amide bonds. The molecular weight excluding hydrogens is 182 g/mol. The van der Waals surface area contributed by atoms with Crippen LogP contribution in [0.3, 0.4) is 0 Å². The number of amides is 1. The molecule has 6 heteroatoms. The number of hydrogen-bond donors (Lipinski definition) is 1. The highest BCUT2D eigenvalue weighted by atomic mass is 16.1. The summed E-state index contributed by atoms with van der Waals surface area (Å²) in [5.41, 5.74) is 6.08. The van der Waals surface area contributed by atoms with E-state index in [0.29, 0.717) is 11.3 Å². The Morgan fingerprint density at radius 1 is 1.36 bits per heavy atom. The van der Waals surface area contributed by atoms with Gasteiger partial charge in [-0.3, -0.25) is 4.79 Å². The van der Waals surface area contributed by atoms with E-state index in [4.69, 9.17) is 5.73 Å². The first-order valence-corrected chi connectivity index (χ1v) is 3.91. The zero-order chi connectivity index (χ0) is 9.97. The van der Waals surface area contributed by atoms with E-state index in [0.717, 1.165) is 0 Å². The Morgan fingerprint density at radius 2 is 2.14 bits per heavy atom. The lowest BCUT2D eigenvalue weighted by atomic mass is 10.2. The molecule has 2 aromatic rings. The molecule has 2 rings (SSSR count). The third kappa shape index (κ3) is 1.33. The first-order chi connectivity index (χ1) is 6.79. The molecule has 0 bridgehead atoms. The van der Waals surface area contributed by atoms with Crippen LogP contribution in [0.25, 0.3) is 5.69 Å². The number of para-hydroxylation sites is 1. The molecule has 1 aromatic heterocycles. The normalized spacial score (nSPS) is 10.0. The van der Waals surface area contributed by atoms with Gasteiger partial charge in [0.15, 0.2) is 6.33 Å². The summed E-state index contributed by atoms with van der Waals surface area (Å²) >= 11 is 0. The van der Waals surface area contributed by atoms with E-state index in [9.17, 15) is 4.79 Å². The van der Waals surface area contributed by atoms with Crippen LogP contribution in [0, 0.1) is 0 Å². The molecule has 0 atom stereocenters. The van der Waals surface area contributed by atoms with Crippen molar-refractivity contribution in [2.45, 2.75) is 0 Å². The fourth-order valence-electron chi connectivity index (χ4n) is 1.13. The van der Waals surface area contributed by atoms with Gasteiger partial charge in [-0.15, -0.1) is 15.0 Å². The van der Waals surface area contributed by atoms with Crippen molar-refractivity contribution in [3.63, 3.8) is 0 Å². The van der Waals surface area contributed by atoms with Gasteiger partial charge in [0.25, 0.3) is 5.91 Å². The van der Waals surface area contributed by atoms with E-state index >= 15 is 0 Å². The molecule has 0 saturated heterocycles. The maximum atomic E-state index is 11.0. The number of rotatable bonds is 2. The summed E-state index contributed by atoms with van der Waals surface area (Å²) in [7, 11) is 0. The van der Waals surface area contributed by atoms with Gasteiger partial charge in [0.2, 0.25) is 0 Å². The van der Waals surface area contributed by atoms with Gasteiger partial charge in [-0.2, -0.15) is 0 Å². The van der Waals surface area contributed by atoms with Gasteiger partial charge < -0.3 is 5.73 Å². The molecule has 0 radical (unpaired) electrons. The monoisotopic (exact) mass is 189 g/mol. The van der Waals surface area contributed by atoms with Crippen molar-refractivity contribution in [3.05, 3.63) is 36.2 Å². The minimum Gasteiger partial charge on any atom is -0.366 e. The molecule has 0 unspecified atom stereocenters. The number of aromatic nitrogens is 4. The fraction of sp³-hybridized carbons (Fsp3) is 0. The largest absolute Gasteiger partial charge is 0.366 e. The van der Waals surface area contributed by atoms with Crippen LogP contribution in [-0.2, 0) is 0 Å². The summed E-state index contributed by atoms with van der Waals surface area (Å²) in [5, 5.41) is 11.0. The van der Waals surface area contributed by atoms with Crippen molar-refractivity contribution < 1.29 is 4.79 Å². The quantitative estimate of drug-likeness (QED) is 0.706. The van der Waals surface area contributed by atoms with Crippen LogP contribution in [0.4, 0.5) is 0 Å². The predicted molar refractivity (Wildman–Crippen MR) is 47.7 cm³/mol. The smallest absolute Gasteiger partial charge is 0.250 e. The Kier molecular flexibility index (Phi) is 1.94. The Balaban J connectivity index is 2.58. The predicted octanol–water partition coefficient (Wildman–Crippen LogP) is -0.239. The van der Waals surface area contributed by atoms with Gasteiger partial charge in [0, 0.05) is 0 Å². The second-order valence-electron chi connectivity index (χ2n) is 2.61. The first kappa shape index (κ1) is 8.36. The highest BCUT2D eigenvalue weighted by Gasteiger charge is 2.09. The lowest BCUT2D eigenvalue weighted by molar-refractivity contribution is 0.1000. The molecule has 0 aliphatic heterocycles. The number of carbonyl (C=O) groups is 1. The molecule has 1 heterocycles. The molecule has 70 valence electrons. The van der Waals surface area contributed by atoms with Crippen LogP contribution in [0.1, 0.15) is 10.4 Å². The van der Waals surface area contributed by atoms with Crippen LogP contribution in [-0.4, -0.2) is 26.1 Å². The Hall–Kier alpha value is -2.24. The lowest BCUT2D eigenvalue weighted by Crippen LogP contribution is -2.15. The van der Waals surface area contributed by atoms with Crippen molar-refractivity contribution in [2.24, 2.45) is 5.73 Å². The SMILES string of the molecule is NC(=O)c1ccccc1-n1ncnn1. The standard InChI is InChI=1S/C8H7N5O/c9-8(14)6-3-1-2-4-7(6)13-11-5-10-12-13/h1-5H,(H2,9,14). The topological polar surface area (TPSA) is 86.7 Å². The van der Waals surface area contributed by atoms with E-state index in [2.05, 4.69) is 15.4 Å². The number of tetrazole rings is 1. The number of nitrogens with two attached hydrogens (primary N) is 1. The molecule has 0 fully saturated rings. The van der Waals surface area contributed by atoms with E-state index < -0.39 is 5.91 Å². The second-order valence-corrected chi connectivity index (χ2v) is 2.61. The molecule has 1 aromatic carbocycles. The summed E-state index contributed by atoms with van der Waals surface area (Å²) in [6.45, 7) is 0. The second kappa shape index (κ2) is 3.25. The highest BCUT2D eigenvalue weighted by molar-refractivity contribution is 5.96. The van der Waals surface area contributed by atoms with Gasteiger partial charge in [0.1, 0.15) is 5.69 Å². The minimum absolute atomic E-state index is 0.366. The van der Waals surface area contributed by atoms with Crippen molar-refractivity contribution in [1.82, 2.24) is 20.2 Å². The number of benzene rings is 1. The molecule has 2 N–H and O–H groups in total. The zero-order valence-electron chi connectivity index (χ0n) is 7.16. The maximum Gasteiger partial charge on any atom is 0.250 e. The van der Waals surface area contributed by atoms with Gasteiger partial charge in [-0.25, -0.2) is 0 Å².